The molecular formula is C15H21N3O2S. The number of rotatable bonds is 4. The minimum atomic E-state index is -0.0662. The lowest BCUT2D eigenvalue weighted by atomic mass is 10.1. The fourth-order valence-electron chi connectivity index (χ4n) is 2.94. The summed E-state index contributed by atoms with van der Waals surface area (Å²) in [5.41, 5.74) is 1.28. The second-order valence-electron chi connectivity index (χ2n) is 5.62. The first kappa shape index (κ1) is 14.5. The Morgan fingerprint density at radius 3 is 3.19 bits per heavy atom. The van der Waals surface area contributed by atoms with Gasteiger partial charge in [-0.2, -0.15) is 0 Å². The van der Waals surface area contributed by atoms with Crippen molar-refractivity contribution < 1.29 is 9.59 Å². The third kappa shape index (κ3) is 3.44. The van der Waals surface area contributed by atoms with E-state index in [1.165, 1.54) is 10.4 Å². The van der Waals surface area contributed by atoms with Gasteiger partial charge in [0.25, 0.3) is 0 Å². The van der Waals surface area contributed by atoms with E-state index < -0.39 is 0 Å². The summed E-state index contributed by atoms with van der Waals surface area (Å²) in [4.78, 5) is 27.3. The Bertz CT molecular complexity index is 523. The van der Waals surface area contributed by atoms with Crippen LogP contribution in [0.15, 0.2) is 11.4 Å². The smallest absolute Gasteiger partial charge is 0.237 e. The summed E-state index contributed by atoms with van der Waals surface area (Å²) in [6.45, 7) is 2.86. The van der Waals surface area contributed by atoms with Crippen LogP contribution in [0.25, 0.3) is 0 Å². The van der Waals surface area contributed by atoms with Gasteiger partial charge < -0.3 is 15.5 Å². The highest BCUT2D eigenvalue weighted by Crippen LogP contribution is 2.24. The normalized spacial score (nSPS) is 21.1. The molecule has 2 N–H and O–H groups in total. The van der Waals surface area contributed by atoms with Gasteiger partial charge in [-0.05, 0) is 42.8 Å². The highest BCUT2D eigenvalue weighted by molar-refractivity contribution is 7.10. The van der Waals surface area contributed by atoms with Crippen molar-refractivity contribution in [2.45, 2.75) is 38.3 Å². The molecule has 3 heterocycles. The molecule has 5 nitrogen and oxygen atoms in total. The Morgan fingerprint density at radius 1 is 1.48 bits per heavy atom. The number of hydrogen-bond donors (Lipinski definition) is 2. The van der Waals surface area contributed by atoms with Crippen LogP contribution in [0.4, 0.5) is 0 Å². The average molecular weight is 307 g/mol. The molecule has 1 saturated heterocycles. The summed E-state index contributed by atoms with van der Waals surface area (Å²) in [5.74, 6) is 0.158. The lowest BCUT2D eigenvalue weighted by Gasteiger charge is -2.27. The van der Waals surface area contributed by atoms with Gasteiger partial charge in [-0.1, -0.05) is 0 Å². The summed E-state index contributed by atoms with van der Waals surface area (Å²) in [6.07, 6.45) is 3.29. The van der Waals surface area contributed by atoms with Crippen molar-refractivity contribution in [1.29, 1.82) is 0 Å². The molecule has 2 amide bonds. The highest BCUT2D eigenvalue weighted by Gasteiger charge is 2.23. The number of amides is 2. The van der Waals surface area contributed by atoms with Crippen molar-refractivity contribution in [2.75, 3.05) is 19.6 Å². The maximum absolute atomic E-state index is 12.2. The van der Waals surface area contributed by atoms with Gasteiger partial charge in [0.2, 0.25) is 11.8 Å². The largest absolute Gasteiger partial charge is 0.354 e. The minimum absolute atomic E-state index is 0.0269. The molecule has 1 aromatic rings. The predicted molar refractivity (Wildman–Crippen MR) is 82.1 cm³/mol. The van der Waals surface area contributed by atoms with Crippen LogP contribution < -0.4 is 10.6 Å². The first-order valence-electron chi connectivity index (χ1n) is 7.58. The monoisotopic (exact) mass is 307 g/mol. The van der Waals surface area contributed by atoms with Gasteiger partial charge in [0.05, 0.1) is 6.04 Å². The molecule has 0 spiro atoms. The lowest BCUT2D eigenvalue weighted by molar-refractivity contribution is -0.132. The molecule has 1 fully saturated rings. The van der Waals surface area contributed by atoms with Crippen molar-refractivity contribution in [3.63, 3.8) is 0 Å². The van der Waals surface area contributed by atoms with Crippen molar-refractivity contribution in [2.24, 2.45) is 0 Å². The van der Waals surface area contributed by atoms with Crippen LogP contribution in [0.5, 0.6) is 0 Å². The minimum Gasteiger partial charge on any atom is -0.354 e. The van der Waals surface area contributed by atoms with Gasteiger partial charge >= 0.3 is 0 Å². The van der Waals surface area contributed by atoms with Crippen LogP contribution in [0.3, 0.4) is 0 Å². The molecule has 3 rings (SSSR count). The van der Waals surface area contributed by atoms with Crippen LogP contribution in [-0.2, 0) is 22.6 Å². The van der Waals surface area contributed by atoms with Crippen molar-refractivity contribution in [1.82, 2.24) is 15.5 Å². The lowest BCUT2D eigenvalue weighted by Crippen LogP contribution is -2.42. The molecule has 1 aromatic heterocycles. The van der Waals surface area contributed by atoms with Gasteiger partial charge in [0.15, 0.2) is 0 Å². The van der Waals surface area contributed by atoms with Gasteiger partial charge in [-0.15, -0.1) is 11.3 Å². The second-order valence-corrected chi connectivity index (χ2v) is 6.62. The SMILES string of the molecule is O=C(NCCC(=O)N1CCc2sccc2C1)C1CCCN1. The van der Waals surface area contributed by atoms with Gasteiger partial charge in [0, 0.05) is 30.9 Å². The number of fused-ring (bicyclic) bond motifs is 1. The third-order valence-electron chi connectivity index (χ3n) is 4.18. The van der Waals surface area contributed by atoms with Crippen LogP contribution in [0, 0.1) is 0 Å². The number of carbonyl (C=O) groups excluding carboxylic acids is 2. The topological polar surface area (TPSA) is 61.4 Å². The van der Waals surface area contributed by atoms with Gasteiger partial charge in [-0.3, -0.25) is 9.59 Å². The van der Waals surface area contributed by atoms with Crippen molar-refractivity contribution >= 4 is 23.2 Å². The summed E-state index contributed by atoms with van der Waals surface area (Å²) < 4.78 is 0. The molecule has 0 saturated carbocycles. The summed E-state index contributed by atoms with van der Waals surface area (Å²) in [5, 5.41) is 8.11. The molecular weight excluding hydrogens is 286 g/mol. The van der Waals surface area contributed by atoms with Crippen molar-refractivity contribution in [3.05, 3.63) is 21.9 Å². The summed E-state index contributed by atoms with van der Waals surface area (Å²) in [6, 6.07) is 2.04. The molecule has 114 valence electrons. The zero-order valence-electron chi connectivity index (χ0n) is 12.1. The van der Waals surface area contributed by atoms with E-state index in [0.29, 0.717) is 13.0 Å². The number of nitrogens with one attached hydrogen (secondary N) is 2. The number of hydrogen-bond acceptors (Lipinski definition) is 4. The zero-order valence-corrected chi connectivity index (χ0v) is 12.9. The Labute approximate surface area is 128 Å². The first-order chi connectivity index (χ1) is 10.2. The Kier molecular flexibility index (Phi) is 4.55. The highest BCUT2D eigenvalue weighted by atomic mass is 32.1. The van der Waals surface area contributed by atoms with E-state index in [1.807, 2.05) is 4.90 Å². The molecule has 2 aliphatic rings. The zero-order chi connectivity index (χ0) is 14.7. The van der Waals surface area contributed by atoms with E-state index in [9.17, 15) is 9.59 Å². The standard InChI is InChI=1S/C15H21N3O2S/c19-14(3-7-17-15(20)12-2-1-6-16-12)18-8-4-13-11(10-18)5-9-21-13/h5,9,12,16H,1-4,6-8,10H2,(H,17,20). The molecule has 1 unspecified atom stereocenters. The third-order valence-corrected chi connectivity index (χ3v) is 5.20. The maximum Gasteiger partial charge on any atom is 0.237 e. The summed E-state index contributed by atoms with van der Waals surface area (Å²) >= 11 is 1.77. The fourth-order valence-corrected chi connectivity index (χ4v) is 3.83. The molecule has 0 aromatic carbocycles. The molecule has 21 heavy (non-hydrogen) atoms. The van der Waals surface area contributed by atoms with Gasteiger partial charge in [0.1, 0.15) is 0 Å². The van der Waals surface area contributed by atoms with E-state index in [1.54, 1.807) is 11.3 Å². The van der Waals surface area contributed by atoms with Crippen LogP contribution in [0.2, 0.25) is 0 Å². The Hall–Kier alpha value is -1.40. The Morgan fingerprint density at radius 2 is 2.38 bits per heavy atom. The first-order valence-corrected chi connectivity index (χ1v) is 8.46. The number of nitrogens with zero attached hydrogens (tertiary/aromatic N) is 1. The van der Waals surface area contributed by atoms with Gasteiger partial charge in [-0.25, -0.2) is 0 Å². The van der Waals surface area contributed by atoms with E-state index in [4.69, 9.17) is 0 Å². The molecule has 0 bridgehead atoms. The van der Waals surface area contributed by atoms with Crippen molar-refractivity contribution in [3.8, 4) is 0 Å². The molecule has 6 heteroatoms. The maximum atomic E-state index is 12.2. The van der Waals surface area contributed by atoms with E-state index in [2.05, 4.69) is 22.1 Å². The molecule has 1 atom stereocenters. The van der Waals surface area contributed by atoms with E-state index in [0.717, 1.165) is 38.9 Å². The van der Waals surface area contributed by atoms with Crippen LogP contribution in [0.1, 0.15) is 29.7 Å². The quantitative estimate of drug-likeness (QED) is 0.868. The Balaban J connectivity index is 1.41. The fraction of sp³-hybridized carbons (Fsp3) is 0.600. The van der Waals surface area contributed by atoms with E-state index in [-0.39, 0.29) is 17.9 Å². The summed E-state index contributed by atoms with van der Waals surface area (Å²) in [7, 11) is 0. The average Bonchev–Trinajstić information content (AvgIpc) is 3.17. The molecule has 0 aliphatic carbocycles. The predicted octanol–water partition coefficient (Wildman–Crippen LogP) is 0.891. The van der Waals surface area contributed by atoms with Crippen LogP contribution >= 0.6 is 11.3 Å². The van der Waals surface area contributed by atoms with E-state index >= 15 is 0 Å². The van der Waals surface area contributed by atoms with Crippen LogP contribution in [-0.4, -0.2) is 42.4 Å². The molecule has 2 aliphatic heterocycles. The number of carbonyl (C=O) groups is 2. The second kappa shape index (κ2) is 6.58. The molecule has 0 radical (unpaired) electrons. The number of thiophene rings is 1.